The number of hydrogen-bond donors (Lipinski definition) is 5. The SMILES string of the molecule is CC(O)=Nc1ccc(N=Nc2ccc(N=Nc3ccc(N=Nc4c(O)ccc5cc(S(=O)(=O)O)ccc45)c4ccc(S(=O)(=O)O)cc34)c3ccc(S(=O)(=O)O)cc23)cc1. The van der Waals surface area contributed by atoms with Crippen molar-refractivity contribution < 1.29 is 49.1 Å². The van der Waals surface area contributed by atoms with Gasteiger partial charge in [0, 0.05) is 33.9 Å². The van der Waals surface area contributed by atoms with Crippen LogP contribution < -0.4 is 0 Å². The van der Waals surface area contributed by atoms with Crippen LogP contribution in [-0.2, 0) is 30.4 Å². The van der Waals surface area contributed by atoms with E-state index in [0.29, 0.717) is 27.5 Å². The molecule has 21 heteroatoms. The maximum absolute atomic E-state index is 12.2. The van der Waals surface area contributed by atoms with Crippen molar-refractivity contribution >= 4 is 108 Å². The summed E-state index contributed by atoms with van der Waals surface area (Å²) < 4.78 is 101. The summed E-state index contributed by atoms with van der Waals surface area (Å²) in [6.07, 6.45) is 0. The molecule has 7 aromatic carbocycles. The van der Waals surface area contributed by atoms with Crippen LogP contribution in [0.1, 0.15) is 6.92 Å². The standard InChI is InChI=1S/C38H27N7O11S3/c1-21(46)39-23-3-5-24(6-4-23)40-41-35-15-13-33(29-11-8-26(19-31(29)35)58(51,52)53)42-43-36-16-14-34(30-12-9-27(20-32(30)36)59(54,55)56)44-45-38-28-10-7-25(57(48,49)50)18-22(28)2-17-37(38)47/h2-20,47H,1H3,(H,39,46)(H,48,49,50)(H,51,52,53)(H,54,55,56). The minimum absolute atomic E-state index is 0.0383. The minimum atomic E-state index is -4.70. The number of phenols is 1. The highest BCUT2D eigenvalue weighted by atomic mass is 32.2. The van der Waals surface area contributed by atoms with E-state index in [1.807, 2.05) is 0 Å². The molecule has 0 heterocycles. The minimum Gasteiger partial charge on any atom is -0.506 e. The summed E-state index contributed by atoms with van der Waals surface area (Å²) in [5, 5.41) is 47.4. The summed E-state index contributed by atoms with van der Waals surface area (Å²) in [5.74, 6) is -0.428. The third kappa shape index (κ3) is 8.84. The molecular formula is C38H27N7O11S3. The lowest BCUT2D eigenvalue weighted by atomic mass is 10.1. The van der Waals surface area contributed by atoms with Gasteiger partial charge in [-0.05, 0) is 96.4 Å². The van der Waals surface area contributed by atoms with Crippen LogP contribution >= 0.6 is 0 Å². The number of benzene rings is 7. The molecule has 0 saturated carbocycles. The van der Waals surface area contributed by atoms with Gasteiger partial charge >= 0.3 is 0 Å². The number of aliphatic imine (C=N–C) groups is 1. The fourth-order valence-corrected chi connectivity index (χ4v) is 7.44. The van der Waals surface area contributed by atoms with Crippen LogP contribution in [0.4, 0.5) is 39.8 Å². The second-order valence-electron chi connectivity index (χ2n) is 12.6. The third-order valence-electron chi connectivity index (χ3n) is 8.66. The second-order valence-corrected chi connectivity index (χ2v) is 16.9. The molecule has 0 spiro atoms. The van der Waals surface area contributed by atoms with E-state index in [1.54, 1.807) is 24.3 Å². The zero-order valence-corrected chi connectivity index (χ0v) is 32.5. The quantitative estimate of drug-likeness (QED) is 0.0373. The van der Waals surface area contributed by atoms with E-state index >= 15 is 0 Å². The molecule has 0 radical (unpaired) electrons. The van der Waals surface area contributed by atoms with E-state index in [2.05, 4.69) is 35.7 Å². The second kappa shape index (κ2) is 15.5. The van der Waals surface area contributed by atoms with Gasteiger partial charge in [0.25, 0.3) is 30.4 Å². The lowest BCUT2D eigenvalue weighted by Crippen LogP contribution is -1.97. The van der Waals surface area contributed by atoms with Crippen molar-refractivity contribution in [2.24, 2.45) is 35.7 Å². The Hall–Kier alpha value is -6.88. The Kier molecular flexibility index (Phi) is 10.6. The molecule has 0 saturated heterocycles. The summed E-state index contributed by atoms with van der Waals surface area (Å²) in [7, 11) is -13.9. The first-order valence-electron chi connectivity index (χ1n) is 16.8. The summed E-state index contributed by atoms with van der Waals surface area (Å²) in [4.78, 5) is 2.67. The average Bonchev–Trinajstić information content (AvgIpc) is 3.18. The summed E-state index contributed by atoms with van der Waals surface area (Å²) in [6, 6.07) is 26.1. The highest BCUT2D eigenvalue weighted by Gasteiger charge is 2.17. The smallest absolute Gasteiger partial charge is 0.294 e. The number of fused-ring (bicyclic) bond motifs is 3. The fraction of sp³-hybridized carbons (Fsp3) is 0.0263. The van der Waals surface area contributed by atoms with E-state index in [4.69, 9.17) is 0 Å². The van der Waals surface area contributed by atoms with Gasteiger partial charge in [-0.3, -0.25) is 13.7 Å². The predicted octanol–water partition coefficient (Wildman–Crippen LogP) is 10.4. The zero-order valence-electron chi connectivity index (χ0n) is 30.0. The van der Waals surface area contributed by atoms with Crippen LogP contribution in [0.15, 0.2) is 166 Å². The van der Waals surface area contributed by atoms with Gasteiger partial charge in [0.1, 0.15) is 11.4 Å². The van der Waals surface area contributed by atoms with E-state index in [0.717, 1.165) is 24.3 Å². The average molecular weight is 854 g/mol. The van der Waals surface area contributed by atoms with Crippen molar-refractivity contribution in [3.8, 4) is 5.75 Å². The molecule has 0 aliphatic heterocycles. The normalized spacial score (nSPS) is 13.2. The number of phenolic OH excluding ortho intramolecular Hbond substituents is 1. The molecule has 0 fully saturated rings. The molecule has 0 aromatic heterocycles. The van der Waals surface area contributed by atoms with E-state index in [9.17, 15) is 49.1 Å². The molecule has 0 aliphatic rings. The lowest BCUT2D eigenvalue weighted by Gasteiger charge is -2.09. The molecule has 0 unspecified atom stereocenters. The van der Waals surface area contributed by atoms with Gasteiger partial charge in [-0.1, -0.05) is 24.3 Å². The molecule has 7 aromatic rings. The first-order valence-corrected chi connectivity index (χ1v) is 21.1. The summed E-state index contributed by atoms with van der Waals surface area (Å²) in [5.41, 5.74) is 1.51. The van der Waals surface area contributed by atoms with Gasteiger partial charge in [-0.2, -0.15) is 30.4 Å². The maximum atomic E-state index is 12.2. The number of nitrogens with zero attached hydrogens (tertiary/aromatic N) is 7. The van der Waals surface area contributed by atoms with Crippen molar-refractivity contribution in [3.05, 3.63) is 115 Å². The van der Waals surface area contributed by atoms with Crippen molar-refractivity contribution in [3.63, 3.8) is 0 Å². The van der Waals surface area contributed by atoms with E-state index in [-0.39, 0.29) is 61.1 Å². The zero-order chi connectivity index (χ0) is 42.3. The molecular weight excluding hydrogens is 827 g/mol. The molecule has 7 rings (SSSR count). The van der Waals surface area contributed by atoms with Crippen molar-refractivity contribution in [2.75, 3.05) is 0 Å². The Balaban J connectivity index is 1.30. The Morgan fingerprint density at radius 1 is 0.441 bits per heavy atom. The van der Waals surface area contributed by atoms with Crippen LogP contribution in [-0.4, -0.2) is 55.0 Å². The third-order valence-corrected chi connectivity index (χ3v) is 11.2. The highest BCUT2D eigenvalue weighted by Crippen LogP contribution is 2.41. The molecule has 0 bridgehead atoms. The number of aliphatic hydroxyl groups is 1. The predicted molar refractivity (Wildman–Crippen MR) is 217 cm³/mol. The van der Waals surface area contributed by atoms with Crippen molar-refractivity contribution in [1.29, 1.82) is 0 Å². The van der Waals surface area contributed by atoms with Crippen LogP contribution in [0.3, 0.4) is 0 Å². The molecule has 18 nitrogen and oxygen atoms in total. The largest absolute Gasteiger partial charge is 0.506 e. The molecule has 59 heavy (non-hydrogen) atoms. The monoisotopic (exact) mass is 853 g/mol. The van der Waals surface area contributed by atoms with Crippen LogP contribution in [0.25, 0.3) is 32.3 Å². The first kappa shape index (κ1) is 40.3. The fourth-order valence-electron chi connectivity index (χ4n) is 5.91. The number of rotatable bonds is 10. The maximum Gasteiger partial charge on any atom is 0.294 e. The van der Waals surface area contributed by atoms with Gasteiger partial charge in [-0.25, -0.2) is 4.99 Å². The molecule has 0 aliphatic carbocycles. The van der Waals surface area contributed by atoms with Crippen molar-refractivity contribution in [2.45, 2.75) is 21.6 Å². The molecule has 0 amide bonds. The van der Waals surface area contributed by atoms with Gasteiger partial charge in [0.2, 0.25) is 0 Å². The Labute approximate surface area is 334 Å². The Morgan fingerprint density at radius 2 is 0.847 bits per heavy atom. The summed E-state index contributed by atoms with van der Waals surface area (Å²) >= 11 is 0. The van der Waals surface area contributed by atoms with E-state index in [1.165, 1.54) is 73.7 Å². The number of aliphatic hydroxyl groups excluding tert-OH is 1. The van der Waals surface area contributed by atoms with Crippen molar-refractivity contribution in [1.82, 2.24) is 0 Å². The van der Waals surface area contributed by atoms with Crippen LogP contribution in [0.2, 0.25) is 0 Å². The van der Waals surface area contributed by atoms with E-state index < -0.39 is 40.1 Å². The topological polar surface area (TPSA) is 290 Å². The lowest BCUT2D eigenvalue weighted by molar-refractivity contribution is 0.477. The highest BCUT2D eigenvalue weighted by molar-refractivity contribution is 7.86. The first-order chi connectivity index (χ1) is 27.8. The molecule has 0 atom stereocenters. The molecule has 298 valence electrons. The van der Waals surface area contributed by atoms with Crippen LogP contribution in [0, 0.1) is 0 Å². The number of azo groups is 3. The summed E-state index contributed by atoms with van der Waals surface area (Å²) in [6.45, 7) is 1.42. The van der Waals surface area contributed by atoms with Gasteiger partial charge in [-0.15, -0.1) is 25.6 Å². The number of aromatic hydroxyl groups is 1. The van der Waals surface area contributed by atoms with Gasteiger partial charge in [0.05, 0.1) is 48.8 Å². The molecule has 5 N–H and O–H groups in total. The Bertz CT molecular complexity index is 3330. The van der Waals surface area contributed by atoms with Crippen LogP contribution in [0.5, 0.6) is 5.75 Å². The Morgan fingerprint density at radius 3 is 1.32 bits per heavy atom. The number of hydrogen-bond acceptors (Lipinski definition) is 14. The van der Waals surface area contributed by atoms with Gasteiger partial charge in [0.15, 0.2) is 5.90 Å². The van der Waals surface area contributed by atoms with Gasteiger partial charge < -0.3 is 10.2 Å².